The van der Waals surface area contributed by atoms with Gasteiger partial charge in [0.1, 0.15) is 11.9 Å². The Hall–Kier alpha value is -2.61. The van der Waals surface area contributed by atoms with E-state index in [0.717, 1.165) is 17.7 Å². The van der Waals surface area contributed by atoms with E-state index in [1.807, 2.05) is 24.3 Å². The molecule has 1 aliphatic heterocycles. The smallest absolute Gasteiger partial charge is 0.372 e. The number of para-hydroxylation sites is 1. The van der Waals surface area contributed by atoms with Crippen LogP contribution >= 0.6 is 11.3 Å². The Bertz CT molecular complexity index is 873. The van der Waals surface area contributed by atoms with E-state index in [9.17, 15) is 10.1 Å². The molecular formula is C15H14N4O3S. The van der Waals surface area contributed by atoms with Gasteiger partial charge in [-0.25, -0.2) is 0 Å². The highest BCUT2D eigenvalue weighted by Gasteiger charge is 2.26. The number of fused-ring (bicyclic) bond motifs is 2. The number of hydrogen-bond acceptors (Lipinski definition) is 6. The fourth-order valence-corrected chi connectivity index (χ4v) is 3.62. The number of benzene rings is 1. The fraction of sp³-hybridized carbons (Fsp3) is 0.267. The van der Waals surface area contributed by atoms with Crippen molar-refractivity contribution in [3.63, 3.8) is 0 Å². The van der Waals surface area contributed by atoms with Crippen LogP contribution in [0.1, 0.15) is 17.9 Å². The third-order valence-electron chi connectivity index (χ3n) is 4.01. The van der Waals surface area contributed by atoms with Crippen LogP contribution in [0.4, 0.5) is 11.6 Å². The Morgan fingerprint density at radius 1 is 1.48 bits per heavy atom. The van der Waals surface area contributed by atoms with Crippen molar-refractivity contribution < 1.29 is 9.66 Å². The summed E-state index contributed by atoms with van der Waals surface area (Å²) in [6, 6.07) is 7.93. The average molecular weight is 330 g/mol. The monoisotopic (exact) mass is 330 g/mol. The van der Waals surface area contributed by atoms with Crippen molar-refractivity contribution >= 4 is 27.9 Å². The van der Waals surface area contributed by atoms with Gasteiger partial charge in [0, 0.05) is 17.8 Å². The maximum atomic E-state index is 11.3. The van der Waals surface area contributed by atoms with E-state index in [4.69, 9.17) is 4.74 Å². The Balaban J connectivity index is 1.60. The Labute approximate surface area is 135 Å². The first-order chi connectivity index (χ1) is 11.2. The van der Waals surface area contributed by atoms with Gasteiger partial charge in [-0.15, -0.1) is 0 Å². The summed E-state index contributed by atoms with van der Waals surface area (Å²) in [6.45, 7) is 1.25. The molecule has 0 radical (unpaired) electrons. The molecule has 3 heterocycles. The second-order valence-corrected chi connectivity index (χ2v) is 6.22. The lowest BCUT2D eigenvalue weighted by molar-refractivity contribution is -0.389. The molecular weight excluding hydrogens is 316 g/mol. The van der Waals surface area contributed by atoms with Crippen molar-refractivity contribution in [2.24, 2.45) is 0 Å². The Morgan fingerprint density at radius 3 is 3.22 bits per heavy atom. The van der Waals surface area contributed by atoms with E-state index in [0.29, 0.717) is 23.9 Å². The molecule has 0 spiro atoms. The van der Waals surface area contributed by atoms with Gasteiger partial charge in [0.25, 0.3) is 4.96 Å². The number of nitro groups is 1. The van der Waals surface area contributed by atoms with E-state index < -0.39 is 4.92 Å². The minimum atomic E-state index is -0.396. The van der Waals surface area contributed by atoms with Gasteiger partial charge in [-0.2, -0.15) is 9.38 Å². The van der Waals surface area contributed by atoms with E-state index in [2.05, 4.69) is 10.3 Å². The zero-order valence-electron chi connectivity index (χ0n) is 12.1. The molecule has 7 nitrogen and oxygen atoms in total. The summed E-state index contributed by atoms with van der Waals surface area (Å²) in [7, 11) is 0. The second-order valence-electron chi connectivity index (χ2n) is 5.35. The maximum Gasteiger partial charge on any atom is 0.372 e. The topological polar surface area (TPSA) is 81.7 Å². The van der Waals surface area contributed by atoms with Crippen LogP contribution in [-0.4, -0.2) is 27.5 Å². The molecule has 1 aromatic carbocycles. The lowest BCUT2D eigenvalue weighted by atomic mass is 9.93. The summed E-state index contributed by atoms with van der Waals surface area (Å²) in [5.74, 6) is 1.46. The molecule has 0 aliphatic carbocycles. The predicted molar refractivity (Wildman–Crippen MR) is 87.5 cm³/mol. The molecule has 0 fully saturated rings. The van der Waals surface area contributed by atoms with Crippen LogP contribution < -0.4 is 10.1 Å². The van der Waals surface area contributed by atoms with Crippen molar-refractivity contribution in [1.29, 1.82) is 0 Å². The van der Waals surface area contributed by atoms with E-state index >= 15 is 0 Å². The number of aromatic nitrogens is 2. The van der Waals surface area contributed by atoms with Crippen molar-refractivity contribution in [3.8, 4) is 5.75 Å². The number of thiazole rings is 1. The second kappa shape index (κ2) is 5.54. The summed E-state index contributed by atoms with van der Waals surface area (Å²) in [5.41, 5.74) is 1.13. The SMILES string of the molecule is O=[N+]([O-])c1c(NCC2CCOc3ccccc32)nc2sccn12. The highest BCUT2D eigenvalue weighted by Crippen LogP contribution is 2.34. The molecule has 23 heavy (non-hydrogen) atoms. The average Bonchev–Trinajstić information content (AvgIpc) is 3.12. The van der Waals surface area contributed by atoms with Gasteiger partial charge in [-0.1, -0.05) is 29.5 Å². The van der Waals surface area contributed by atoms with Crippen LogP contribution in [0.2, 0.25) is 0 Å². The first-order valence-electron chi connectivity index (χ1n) is 7.29. The summed E-state index contributed by atoms with van der Waals surface area (Å²) >= 11 is 1.38. The van der Waals surface area contributed by atoms with Crippen LogP contribution in [-0.2, 0) is 0 Å². The minimum Gasteiger partial charge on any atom is -0.493 e. The van der Waals surface area contributed by atoms with Crippen LogP contribution in [0.3, 0.4) is 0 Å². The molecule has 1 unspecified atom stereocenters. The number of imidazole rings is 1. The van der Waals surface area contributed by atoms with Gasteiger partial charge in [0.2, 0.25) is 5.82 Å². The lowest BCUT2D eigenvalue weighted by Gasteiger charge is -2.25. The van der Waals surface area contributed by atoms with Gasteiger partial charge >= 0.3 is 5.82 Å². The number of hydrogen-bond donors (Lipinski definition) is 1. The zero-order chi connectivity index (χ0) is 15.8. The molecule has 4 rings (SSSR count). The number of nitrogens with zero attached hydrogens (tertiary/aromatic N) is 3. The summed E-state index contributed by atoms with van der Waals surface area (Å²) in [6.07, 6.45) is 2.54. The molecule has 8 heteroatoms. The number of nitrogens with one attached hydrogen (secondary N) is 1. The van der Waals surface area contributed by atoms with Crippen LogP contribution in [0.15, 0.2) is 35.8 Å². The molecule has 1 atom stereocenters. The van der Waals surface area contributed by atoms with Gasteiger partial charge < -0.3 is 20.2 Å². The van der Waals surface area contributed by atoms with Crippen LogP contribution in [0.25, 0.3) is 4.96 Å². The quantitative estimate of drug-likeness (QED) is 0.586. The number of rotatable bonds is 4. The third-order valence-corrected chi connectivity index (χ3v) is 4.77. The molecule has 0 amide bonds. The zero-order valence-corrected chi connectivity index (χ0v) is 13.0. The van der Waals surface area contributed by atoms with Crippen molar-refractivity contribution in [3.05, 3.63) is 51.5 Å². The first-order valence-corrected chi connectivity index (χ1v) is 8.17. The molecule has 1 aliphatic rings. The Kier molecular flexibility index (Phi) is 3.38. The minimum absolute atomic E-state index is 0.0124. The predicted octanol–water partition coefficient (Wildman–Crippen LogP) is 3.28. The molecule has 0 saturated heterocycles. The van der Waals surface area contributed by atoms with Crippen molar-refractivity contribution in [2.75, 3.05) is 18.5 Å². The van der Waals surface area contributed by atoms with Gasteiger partial charge in [0.05, 0.1) is 6.61 Å². The van der Waals surface area contributed by atoms with Crippen molar-refractivity contribution in [2.45, 2.75) is 12.3 Å². The summed E-state index contributed by atoms with van der Waals surface area (Å²) in [5, 5.41) is 16.3. The molecule has 0 bridgehead atoms. The highest BCUT2D eigenvalue weighted by atomic mass is 32.1. The molecule has 1 N–H and O–H groups in total. The fourth-order valence-electron chi connectivity index (χ4n) is 2.91. The summed E-state index contributed by atoms with van der Waals surface area (Å²) in [4.78, 5) is 15.9. The number of ether oxygens (including phenoxy) is 1. The molecule has 2 aromatic heterocycles. The number of anilines is 1. The standard InChI is InChI=1S/C15H14N4O3S/c20-19(21)14-13(17-15-18(14)6-8-23-15)16-9-10-5-7-22-12-4-2-1-3-11(10)12/h1-4,6,8,10,16H,5,7,9H2. The molecule has 118 valence electrons. The first kappa shape index (κ1) is 14.0. The maximum absolute atomic E-state index is 11.3. The molecule has 0 saturated carbocycles. The van der Waals surface area contributed by atoms with Gasteiger partial charge in [-0.3, -0.25) is 0 Å². The van der Waals surface area contributed by atoms with E-state index in [1.54, 1.807) is 11.6 Å². The summed E-state index contributed by atoms with van der Waals surface area (Å²) < 4.78 is 7.15. The normalized spacial score (nSPS) is 16.8. The van der Waals surface area contributed by atoms with E-state index in [-0.39, 0.29) is 11.7 Å². The van der Waals surface area contributed by atoms with Gasteiger partial charge in [-0.05, 0) is 23.0 Å². The van der Waals surface area contributed by atoms with Crippen LogP contribution in [0.5, 0.6) is 5.75 Å². The van der Waals surface area contributed by atoms with Crippen LogP contribution in [0, 0.1) is 10.1 Å². The lowest BCUT2D eigenvalue weighted by Crippen LogP contribution is -2.21. The highest BCUT2D eigenvalue weighted by molar-refractivity contribution is 7.15. The van der Waals surface area contributed by atoms with E-state index in [1.165, 1.54) is 15.7 Å². The van der Waals surface area contributed by atoms with Crippen molar-refractivity contribution in [1.82, 2.24) is 9.38 Å². The third kappa shape index (κ3) is 2.40. The largest absolute Gasteiger partial charge is 0.493 e. The molecule has 3 aromatic rings. The van der Waals surface area contributed by atoms with Gasteiger partial charge in [0.15, 0.2) is 0 Å². The Morgan fingerprint density at radius 2 is 2.35 bits per heavy atom.